The normalized spacial score (nSPS) is 11.5. The summed E-state index contributed by atoms with van der Waals surface area (Å²) in [7, 11) is 0. The van der Waals surface area contributed by atoms with Gasteiger partial charge >= 0.3 is 0 Å². The van der Waals surface area contributed by atoms with E-state index in [2.05, 4.69) is 50.0 Å². The van der Waals surface area contributed by atoms with E-state index in [9.17, 15) is 4.79 Å². The summed E-state index contributed by atoms with van der Waals surface area (Å²) in [6.45, 7) is 10.4. The molecule has 2 aromatic heterocycles. The second-order valence-electron chi connectivity index (χ2n) is 7.96. The number of aromatic nitrogens is 3. The second kappa shape index (κ2) is 7.84. The van der Waals surface area contributed by atoms with E-state index in [1.165, 1.54) is 0 Å². The summed E-state index contributed by atoms with van der Waals surface area (Å²) < 4.78 is 7.67. The van der Waals surface area contributed by atoms with Crippen LogP contribution in [0.25, 0.3) is 0 Å². The Hall–Kier alpha value is -3.15. The van der Waals surface area contributed by atoms with E-state index in [4.69, 9.17) is 4.74 Å². The third-order valence-electron chi connectivity index (χ3n) is 4.19. The van der Waals surface area contributed by atoms with Crippen molar-refractivity contribution in [1.29, 1.82) is 0 Å². The largest absolute Gasteiger partial charge is 0.457 e. The smallest absolute Gasteiger partial charge is 0.276 e. The lowest BCUT2D eigenvalue weighted by atomic mass is 10.1. The van der Waals surface area contributed by atoms with Gasteiger partial charge in [-0.3, -0.25) is 14.5 Å². The van der Waals surface area contributed by atoms with Crippen molar-refractivity contribution in [3.05, 3.63) is 66.2 Å². The third-order valence-corrected chi connectivity index (χ3v) is 4.19. The minimum absolute atomic E-state index is 0.190. The molecule has 0 radical (unpaired) electrons. The third kappa shape index (κ3) is 4.57. The maximum Gasteiger partial charge on any atom is 0.276 e. The Bertz CT molecular complexity index is 939. The minimum atomic E-state index is -0.229. The molecule has 146 valence electrons. The van der Waals surface area contributed by atoms with Gasteiger partial charge in [0.2, 0.25) is 0 Å². The summed E-state index contributed by atoms with van der Waals surface area (Å²) >= 11 is 0. The maximum atomic E-state index is 12.7. The average Bonchev–Trinajstić information content (AvgIpc) is 3.11. The number of anilines is 1. The lowest BCUT2D eigenvalue weighted by Crippen LogP contribution is -2.26. The van der Waals surface area contributed by atoms with Crippen LogP contribution in [0.15, 0.2) is 54.9 Å². The molecule has 6 heteroatoms. The Morgan fingerprint density at radius 3 is 2.18 bits per heavy atom. The van der Waals surface area contributed by atoms with Gasteiger partial charge in [0.05, 0.1) is 5.54 Å². The fourth-order valence-electron chi connectivity index (χ4n) is 2.80. The molecule has 6 nitrogen and oxygen atoms in total. The second-order valence-corrected chi connectivity index (χ2v) is 7.96. The van der Waals surface area contributed by atoms with Crippen LogP contribution in [0.1, 0.15) is 56.7 Å². The molecule has 1 amide bonds. The predicted molar refractivity (Wildman–Crippen MR) is 110 cm³/mol. The van der Waals surface area contributed by atoms with Gasteiger partial charge in [-0.05, 0) is 69.2 Å². The van der Waals surface area contributed by atoms with Crippen molar-refractivity contribution < 1.29 is 9.53 Å². The zero-order valence-electron chi connectivity index (χ0n) is 16.9. The van der Waals surface area contributed by atoms with Gasteiger partial charge in [-0.15, -0.1) is 0 Å². The van der Waals surface area contributed by atoms with Crippen LogP contribution in [0.2, 0.25) is 0 Å². The fourth-order valence-corrected chi connectivity index (χ4v) is 2.80. The molecule has 0 aliphatic carbocycles. The quantitative estimate of drug-likeness (QED) is 0.662. The lowest BCUT2D eigenvalue weighted by Gasteiger charge is -2.23. The van der Waals surface area contributed by atoms with Crippen molar-refractivity contribution in [3.8, 4) is 11.5 Å². The molecule has 0 saturated heterocycles. The molecule has 0 fully saturated rings. The Morgan fingerprint density at radius 2 is 1.64 bits per heavy atom. The number of ether oxygens (including phenoxy) is 1. The van der Waals surface area contributed by atoms with Crippen LogP contribution in [0.4, 0.5) is 5.69 Å². The van der Waals surface area contributed by atoms with Crippen LogP contribution in [0.5, 0.6) is 11.5 Å². The number of benzene rings is 1. The van der Waals surface area contributed by atoms with Gasteiger partial charge in [-0.1, -0.05) is 13.8 Å². The first kappa shape index (κ1) is 19.6. The number of hydrogen-bond donors (Lipinski definition) is 1. The monoisotopic (exact) mass is 378 g/mol. The van der Waals surface area contributed by atoms with Crippen LogP contribution >= 0.6 is 0 Å². The first-order chi connectivity index (χ1) is 13.2. The highest BCUT2D eigenvalue weighted by Gasteiger charge is 2.23. The molecule has 0 atom stereocenters. The van der Waals surface area contributed by atoms with Crippen LogP contribution < -0.4 is 10.1 Å². The van der Waals surface area contributed by atoms with E-state index in [0.717, 1.165) is 5.69 Å². The van der Waals surface area contributed by atoms with Crippen molar-refractivity contribution in [2.24, 2.45) is 0 Å². The standard InChI is InChI=1S/C22H26N4O2/c1-15(2)20-14-19(25-26(20)22(3,4)5)21(27)24-16-6-8-17(9-7-16)28-18-10-12-23-13-11-18/h6-15H,1-5H3,(H,24,27). The number of carbonyl (C=O) groups is 1. The molecule has 2 heterocycles. The molecule has 3 aromatic rings. The Kier molecular flexibility index (Phi) is 5.49. The highest BCUT2D eigenvalue weighted by atomic mass is 16.5. The molecule has 1 aromatic carbocycles. The van der Waals surface area contributed by atoms with E-state index >= 15 is 0 Å². The SMILES string of the molecule is CC(C)c1cc(C(=O)Nc2ccc(Oc3ccncc3)cc2)nn1C(C)(C)C. The van der Waals surface area contributed by atoms with Gasteiger partial charge in [0.15, 0.2) is 5.69 Å². The molecule has 3 rings (SSSR count). The average molecular weight is 378 g/mol. The molecule has 0 unspecified atom stereocenters. The molecule has 0 aliphatic heterocycles. The zero-order valence-corrected chi connectivity index (χ0v) is 16.9. The van der Waals surface area contributed by atoms with Crippen molar-refractivity contribution in [3.63, 3.8) is 0 Å². The van der Waals surface area contributed by atoms with E-state index in [1.807, 2.05) is 22.9 Å². The topological polar surface area (TPSA) is 69.0 Å². The zero-order chi connectivity index (χ0) is 20.3. The molecule has 28 heavy (non-hydrogen) atoms. The molecular formula is C22H26N4O2. The first-order valence-electron chi connectivity index (χ1n) is 9.34. The van der Waals surface area contributed by atoms with Crippen LogP contribution in [0.3, 0.4) is 0 Å². The van der Waals surface area contributed by atoms with Gasteiger partial charge in [-0.2, -0.15) is 5.10 Å². The van der Waals surface area contributed by atoms with Crippen molar-refractivity contribution in [2.45, 2.75) is 46.1 Å². The summed E-state index contributed by atoms with van der Waals surface area (Å²) in [5, 5.41) is 7.45. The predicted octanol–water partition coefficient (Wildman–Crippen LogP) is 5.20. The molecule has 0 saturated carbocycles. The number of pyridine rings is 1. The van der Waals surface area contributed by atoms with Crippen LogP contribution in [-0.2, 0) is 5.54 Å². The van der Waals surface area contributed by atoms with Crippen molar-refractivity contribution >= 4 is 11.6 Å². The number of nitrogens with one attached hydrogen (secondary N) is 1. The Morgan fingerprint density at radius 1 is 1.04 bits per heavy atom. The van der Waals surface area contributed by atoms with Gasteiger partial charge in [-0.25, -0.2) is 0 Å². The summed E-state index contributed by atoms with van der Waals surface area (Å²) in [5.74, 6) is 1.44. The Labute approximate surface area is 165 Å². The highest BCUT2D eigenvalue weighted by molar-refractivity contribution is 6.03. The number of amides is 1. The van der Waals surface area contributed by atoms with Crippen LogP contribution in [-0.4, -0.2) is 20.7 Å². The fraction of sp³-hybridized carbons (Fsp3) is 0.318. The molecule has 0 spiro atoms. The van der Waals surface area contributed by atoms with Crippen molar-refractivity contribution in [2.75, 3.05) is 5.32 Å². The molecule has 0 aliphatic rings. The maximum absolute atomic E-state index is 12.7. The summed E-state index contributed by atoms with van der Waals surface area (Å²) in [4.78, 5) is 16.6. The minimum Gasteiger partial charge on any atom is -0.457 e. The number of rotatable bonds is 5. The van der Waals surface area contributed by atoms with Gasteiger partial charge in [0, 0.05) is 23.8 Å². The number of hydrogen-bond acceptors (Lipinski definition) is 4. The van der Waals surface area contributed by atoms with Gasteiger partial charge in [0.1, 0.15) is 11.5 Å². The van der Waals surface area contributed by atoms with E-state index < -0.39 is 0 Å². The molecular weight excluding hydrogens is 352 g/mol. The summed E-state index contributed by atoms with van der Waals surface area (Å²) in [6.07, 6.45) is 3.35. The molecule has 1 N–H and O–H groups in total. The summed E-state index contributed by atoms with van der Waals surface area (Å²) in [5.41, 5.74) is 1.95. The van der Waals surface area contributed by atoms with E-state index in [0.29, 0.717) is 22.9 Å². The Balaban J connectivity index is 1.73. The highest BCUT2D eigenvalue weighted by Crippen LogP contribution is 2.25. The van der Waals surface area contributed by atoms with Gasteiger partial charge < -0.3 is 10.1 Å². The first-order valence-corrected chi connectivity index (χ1v) is 9.34. The summed E-state index contributed by atoms with van der Waals surface area (Å²) in [6, 6.07) is 12.7. The van der Waals surface area contributed by atoms with Crippen LogP contribution in [0, 0.1) is 0 Å². The lowest BCUT2D eigenvalue weighted by molar-refractivity contribution is 0.102. The van der Waals surface area contributed by atoms with E-state index in [-0.39, 0.29) is 17.4 Å². The van der Waals surface area contributed by atoms with E-state index in [1.54, 1.807) is 36.7 Å². The number of nitrogens with zero attached hydrogens (tertiary/aromatic N) is 3. The van der Waals surface area contributed by atoms with Gasteiger partial charge in [0.25, 0.3) is 5.91 Å². The number of carbonyl (C=O) groups excluding carboxylic acids is 1. The van der Waals surface area contributed by atoms with Crippen molar-refractivity contribution in [1.82, 2.24) is 14.8 Å². The molecule has 0 bridgehead atoms.